The molecule has 4 N–H and O–H groups in total. The van der Waals surface area contributed by atoms with E-state index < -0.39 is 5.91 Å². The Morgan fingerprint density at radius 2 is 2.40 bits per heavy atom. The molecule has 0 spiro atoms. The number of rotatable bonds is 5. The number of carbonyl (C=O) groups excluding carboxylic acids is 2. The fraction of sp³-hybridized carbons (Fsp3) is 0.615. The van der Waals surface area contributed by atoms with Crippen LogP contribution in [-0.2, 0) is 16.1 Å². The minimum absolute atomic E-state index is 0.00938. The van der Waals surface area contributed by atoms with E-state index in [1.54, 1.807) is 6.20 Å². The molecule has 0 aromatic carbocycles. The standard InChI is InChI=1S/C13H21N5O2/c1-2-9-3-4-15-11(5-9)13(20)17-10-6-16-18(7-10)8-12(14)19/h6-7,9,11,15H,2-5,8H2,1H3,(H2,14,19)(H,17,20). The predicted octanol–water partition coefficient (Wildman–Crippen LogP) is 0.0851. The Labute approximate surface area is 117 Å². The highest BCUT2D eigenvalue weighted by atomic mass is 16.2. The molecule has 2 amide bonds. The number of primary amides is 1. The first-order valence-corrected chi connectivity index (χ1v) is 6.93. The predicted molar refractivity (Wildman–Crippen MR) is 74.9 cm³/mol. The highest BCUT2D eigenvalue weighted by Crippen LogP contribution is 2.20. The minimum Gasteiger partial charge on any atom is -0.368 e. The van der Waals surface area contributed by atoms with Crippen molar-refractivity contribution in [3.05, 3.63) is 12.4 Å². The number of nitrogens with two attached hydrogens (primary N) is 1. The Morgan fingerprint density at radius 3 is 3.10 bits per heavy atom. The van der Waals surface area contributed by atoms with Gasteiger partial charge in [0.1, 0.15) is 6.54 Å². The number of carbonyl (C=O) groups is 2. The normalized spacial score (nSPS) is 22.4. The second-order valence-corrected chi connectivity index (χ2v) is 5.19. The van der Waals surface area contributed by atoms with Gasteiger partial charge in [0.2, 0.25) is 11.8 Å². The molecule has 0 bridgehead atoms. The average molecular weight is 279 g/mol. The first-order valence-electron chi connectivity index (χ1n) is 6.93. The van der Waals surface area contributed by atoms with Crippen molar-refractivity contribution in [3.63, 3.8) is 0 Å². The van der Waals surface area contributed by atoms with Crippen LogP contribution in [-0.4, -0.2) is 34.2 Å². The summed E-state index contributed by atoms with van der Waals surface area (Å²) in [5, 5.41) is 10.0. The molecule has 1 aromatic rings. The van der Waals surface area contributed by atoms with Crippen LogP contribution in [0.25, 0.3) is 0 Å². The maximum atomic E-state index is 12.2. The number of hydrogen-bond donors (Lipinski definition) is 3. The molecule has 1 aliphatic heterocycles. The van der Waals surface area contributed by atoms with E-state index in [1.807, 2.05) is 0 Å². The number of anilines is 1. The number of nitrogens with one attached hydrogen (secondary N) is 2. The lowest BCUT2D eigenvalue weighted by molar-refractivity contribution is -0.119. The maximum absolute atomic E-state index is 12.2. The molecule has 110 valence electrons. The number of piperidine rings is 1. The van der Waals surface area contributed by atoms with Crippen LogP contribution in [0, 0.1) is 5.92 Å². The van der Waals surface area contributed by atoms with Gasteiger partial charge in [-0.25, -0.2) is 0 Å². The first-order chi connectivity index (χ1) is 9.58. The van der Waals surface area contributed by atoms with Gasteiger partial charge in [0.05, 0.1) is 17.9 Å². The fourth-order valence-electron chi connectivity index (χ4n) is 2.47. The van der Waals surface area contributed by atoms with Crippen LogP contribution in [0.3, 0.4) is 0 Å². The molecule has 2 atom stereocenters. The van der Waals surface area contributed by atoms with E-state index in [9.17, 15) is 9.59 Å². The van der Waals surface area contributed by atoms with Gasteiger partial charge in [-0.3, -0.25) is 14.3 Å². The Kier molecular flexibility index (Phi) is 4.73. The van der Waals surface area contributed by atoms with Crippen LogP contribution in [0.4, 0.5) is 5.69 Å². The average Bonchev–Trinajstić information content (AvgIpc) is 2.85. The van der Waals surface area contributed by atoms with Crippen LogP contribution in [0.1, 0.15) is 26.2 Å². The highest BCUT2D eigenvalue weighted by Gasteiger charge is 2.26. The number of hydrogen-bond acceptors (Lipinski definition) is 4. The molecule has 2 unspecified atom stereocenters. The van der Waals surface area contributed by atoms with Crippen LogP contribution in [0.2, 0.25) is 0 Å². The first kappa shape index (κ1) is 14.5. The summed E-state index contributed by atoms with van der Waals surface area (Å²) in [5.74, 6) is 0.0806. The van der Waals surface area contributed by atoms with Crippen LogP contribution in [0.5, 0.6) is 0 Å². The molecular weight excluding hydrogens is 258 g/mol. The molecule has 1 fully saturated rings. The third kappa shape index (κ3) is 3.80. The van der Waals surface area contributed by atoms with Gasteiger partial charge in [0.15, 0.2) is 0 Å². The van der Waals surface area contributed by atoms with Gasteiger partial charge in [0.25, 0.3) is 0 Å². The SMILES string of the molecule is CCC1CCNC(C(=O)Nc2cnn(CC(N)=O)c2)C1. The zero-order chi connectivity index (χ0) is 14.5. The molecule has 1 aliphatic rings. The van der Waals surface area contributed by atoms with E-state index in [-0.39, 0.29) is 18.5 Å². The van der Waals surface area contributed by atoms with E-state index in [2.05, 4.69) is 22.7 Å². The quantitative estimate of drug-likeness (QED) is 0.710. The van der Waals surface area contributed by atoms with Gasteiger partial charge >= 0.3 is 0 Å². The minimum atomic E-state index is -0.467. The molecule has 2 rings (SSSR count). The second kappa shape index (κ2) is 6.51. The molecule has 0 aliphatic carbocycles. The summed E-state index contributed by atoms with van der Waals surface area (Å²) in [4.78, 5) is 22.9. The molecular formula is C13H21N5O2. The van der Waals surface area contributed by atoms with Crippen molar-refractivity contribution in [2.45, 2.75) is 38.8 Å². The lowest BCUT2D eigenvalue weighted by Crippen LogP contribution is -2.46. The van der Waals surface area contributed by atoms with Crippen molar-refractivity contribution in [2.24, 2.45) is 11.7 Å². The highest BCUT2D eigenvalue weighted by molar-refractivity contribution is 5.94. The van der Waals surface area contributed by atoms with Crippen LogP contribution >= 0.6 is 0 Å². The fourth-order valence-corrected chi connectivity index (χ4v) is 2.47. The second-order valence-electron chi connectivity index (χ2n) is 5.19. The summed E-state index contributed by atoms with van der Waals surface area (Å²) in [5.41, 5.74) is 5.67. The van der Waals surface area contributed by atoms with Crippen molar-refractivity contribution in [3.8, 4) is 0 Å². The molecule has 1 aromatic heterocycles. The van der Waals surface area contributed by atoms with Gasteiger partial charge in [-0.1, -0.05) is 13.3 Å². The number of nitrogens with zero attached hydrogens (tertiary/aromatic N) is 2. The monoisotopic (exact) mass is 279 g/mol. The van der Waals surface area contributed by atoms with Crippen molar-refractivity contribution in [1.29, 1.82) is 0 Å². The Bertz CT molecular complexity index is 485. The molecule has 0 saturated carbocycles. The molecule has 2 heterocycles. The number of amides is 2. The Hall–Kier alpha value is -1.89. The topological polar surface area (TPSA) is 102 Å². The number of aromatic nitrogens is 2. The van der Waals surface area contributed by atoms with E-state index in [0.717, 1.165) is 25.8 Å². The van der Waals surface area contributed by atoms with E-state index in [4.69, 9.17) is 5.73 Å². The molecule has 7 heteroatoms. The molecule has 7 nitrogen and oxygen atoms in total. The maximum Gasteiger partial charge on any atom is 0.241 e. The van der Waals surface area contributed by atoms with Crippen LogP contribution in [0.15, 0.2) is 12.4 Å². The summed E-state index contributed by atoms with van der Waals surface area (Å²) >= 11 is 0. The molecule has 20 heavy (non-hydrogen) atoms. The zero-order valence-electron chi connectivity index (χ0n) is 11.6. The largest absolute Gasteiger partial charge is 0.368 e. The third-order valence-electron chi connectivity index (χ3n) is 3.62. The van der Waals surface area contributed by atoms with Gasteiger partial charge in [0, 0.05) is 6.20 Å². The lowest BCUT2D eigenvalue weighted by Gasteiger charge is -2.28. The van der Waals surface area contributed by atoms with Gasteiger partial charge in [-0.15, -0.1) is 0 Å². The Morgan fingerprint density at radius 1 is 1.60 bits per heavy atom. The summed E-state index contributed by atoms with van der Waals surface area (Å²) in [6.07, 6.45) is 6.19. The lowest BCUT2D eigenvalue weighted by atomic mass is 9.90. The van der Waals surface area contributed by atoms with Gasteiger partial charge < -0.3 is 16.4 Å². The van der Waals surface area contributed by atoms with Gasteiger partial charge in [-0.05, 0) is 25.3 Å². The summed E-state index contributed by atoms with van der Waals surface area (Å²) in [7, 11) is 0. The zero-order valence-corrected chi connectivity index (χ0v) is 11.6. The van der Waals surface area contributed by atoms with Crippen molar-refractivity contribution in [2.75, 3.05) is 11.9 Å². The Balaban J connectivity index is 1.90. The smallest absolute Gasteiger partial charge is 0.241 e. The summed E-state index contributed by atoms with van der Waals surface area (Å²) < 4.78 is 1.40. The van der Waals surface area contributed by atoms with Crippen molar-refractivity contribution < 1.29 is 9.59 Å². The molecule has 0 radical (unpaired) electrons. The third-order valence-corrected chi connectivity index (χ3v) is 3.62. The van der Waals surface area contributed by atoms with Crippen LogP contribution < -0.4 is 16.4 Å². The summed E-state index contributed by atoms with van der Waals surface area (Å²) in [6, 6.07) is -0.159. The van der Waals surface area contributed by atoms with E-state index in [0.29, 0.717) is 11.6 Å². The van der Waals surface area contributed by atoms with Crippen molar-refractivity contribution in [1.82, 2.24) is 15.1 Å². The summed E-state index contributed by atoms with van der Waals surface area (Å²) in [6.45, 7) is 3.03. The van der Waals surface area contributed by atoms with Crippen molar-refractivity contribution >= 4 is 17.5 Å². The van der Waals surface area contributed by atoms with E-state index >= 15 is 0 Å². The van der Waals surface area contributed by atoms with E-state index in [1.165, 1.54) is 10.9 Å². The molecule has 1 saturated heterocycles. The van der Waals surface area contributed by atoms with Gasteiger partial charge in [-0.2, -0.15) is 5.10 Å².